The maximum atomic E-state index is 13.0. The Bertz CT molecular complexity index is 1180. The number of carbonyl (C=O) groups is 1. The number of aromatic nitrogens is 2. The average Bonchev–Trinajstić information content (AvgIpc) is 3.30. The molecule has 1 N–H and O–H groups in total. The van der Waals surface area contributed by atoms with Crippen molar-refractivity contribution in [2.24, 2.45) is 0 Å². The average molecular weight is 418 g/mol. The molecule has 1 aliphatic rings. The smallest absolute Gasteiger partial charge is 0.261 e. The molecule has 8 heteroatoms. The molecule has 1 saturated heterocycles. The van der Waals surface area contributed by atoms with Crippen LogP contribution >= 0.6 is 0 Å². The molecule has 31 heavy (non-hydrogen) atoms. The summed E-state index contributed by atoms with van der Waals surface area (Å²) in [5.74, 6) is 0.471. The predicted molar refractivity (Wildman–Crippen MR) is 113 cm³/mol. The Kier molecular flexibility index (Phi) is 6.24. The summed E-state index contributed by atoms with van der Waals surface area (Å²) in [7, 11) is 0. The number of amides is 1. The zero-order chi connectivity index (χ0) is 21.6. The van der Waals surface area contributed by atoms with Crippen LogP contribution in [-0.4, -0.2) is 46.6 Å². The number of ether oxygens (including phenoxy) is 2. The topological polar surface area (TPSA) is 108 Å². The molecule has 0 radical (unpaired) electrons. The fourth-order valence-electron chi connectivity index (χ4n) is 3.59. The minimum atomic E-state index is -0.279. The van der Waals surface area contributed by atoms with Crippen LogP contribution in [0.3, 0.4) is 0 Å². The summed E-state index contributed by atoms with van der Waals surface area (Å²) in [4.78, 5) is 34.3. The second-order valence-electron chi connectivity index (χ2n) is 7.34. The lowest BCUT2D eigenvalue weighted by molar-refractivity contribution is -0.135. The van der Waals surface area contributed by atoms with E-state index >= 15 is 0 Å². The number of fused-ring (bicyclic) bond motifs is 1. The quantitative estimate of drug-likeness (QED) is 0.631. The van der Waals surface area contributed by atoms with Crippen molar-refractivity contribution in [3.63, 3.8) is 0 Å². The molecule has 1 amide bonds. The minimum absolute atomic E-state index is 0.0671. The number of nitrogens with zero attached hydrogens (tertiary/aromatic N) is 3. The van der Waals surface area contributed by atoms with Gasteiger partial charge in [-0.1, -0.05) is 24.3 Å². The van der Waals surface area contributed by atoms with E-state index in [-0.39, 0.29) is 30.7 Å². The molecule has 8 nitrogen and oxygen atoms in total. The Morgan fingerprint density at radius 3 is 2.87 bits per heavy atom. The Morgan fingerprint density at radius 2 is 2.06 bits per heavy atom. The van der Waals surface area contributed by atoms with Crippen molar-refractivity contribution in [1.29, 1.82) is 5.26 Å². The maximum Gasteiger partial charge on any atom is 0.261 e. The van der Waals surface area contributed by atoms with Crippen LogP contribution in [0, 0.1) is 11.3 Å². The number of H-pyrrole nitrogens is 1. The number of benzene rings is 2. The van der Waals surface area contributed by atoms with Crippen LogP contribution in [0.4, 0.5) is 0 Å². The van der Waals surface area contributed by atoms with Gasteiger partial charge in [-0.05, 0) is 37.1 Å². The van der Waals surface area contributed by atoms with Crippen molar-refractivity contribution < 1.29 is 14.3 Å². The van der Waals surface area contributed by atoms with E-state index in [1.807, 2.05) is 6.07 Å². The van der Waals surface area contributed by atoms with Crippen molar-refractivity contribution in [2.45, 2.75) is 25.5 Å². The first-order valence-electron chi connectivity index (χ1n) is 10.1. The van der Waals surface area contributed by atoms with E-state index in [1.54, 1.807) is 47.4 Å². The van der Waals surface area contributed by atoms with E-state index in [0.717, 1.165) is 12.8 Å². The first-order valence-corrected chi connectivity index (χ1v) is 10.1. The van der Waals surface area contributed by atoms with Gasteiger partial charge in [-0.15, -0.1) is 0 Å². The van der Waals surface area contributed by atoms with Crippen LogP contribution in [0.2, 0.25) is 0 Å². The van der Waals surface area contributed by atoms with E-state index in [4.69, 9.17) is 9.47 Å². The van der Waals surface area contributed by atoms with Crippen molar-refractivity contribution in [2.75, 3.05) is 19.8 Å². The van der Waals surface area contributed by atoms with Crippen molar-refractivity contribution in [3.8, 4) is 11.8 Å². The van der Waals surface area contributed by atoms with E-state index in [9.17, 15) is 14.9 Å². The van der Waals surface area contributed by atoms with Gasteiger partial charge in [0.1, 0.15) is 17.6 Å². The third kappa shape index (κ3) is 4.90. The molecule has 0 spiro atoms. The Hall–Kier alpha value is -3.70. The molecular weight excluding hydrogens is 396 g/mol. The largest absolute Gasteiger partial charge is 0.482 e. The third-order valence-electron chi connectivity index (χ3n) is 5.16. The summed E-state index contributed by atoms with van der Waals surface area (Å²) in [6.45, 7) is 0.938. The first-order chi connectivity index (χ1) is 15.1. The highest BCUT2D eigenvalue weighted by molar-refractivity contribution is 5.78. The van der Waals surface area contributed by atoms with Gasteiger partial charge in [-0.3, -0.25) is 9.59 Å². The standard InChI is InChI=1S/C23H22N4O4/c24-12-16-6-1-4-10-20(16)31-15-22(28)27(13-17-7-5-11-30-17)14-21-25-19-9-3-2-8-18(19)23(29)26-21/h1-4,6,8-10,17H,5,7,11,13-15H2,(H,25,26,29)/t17-/m1/s1. The Labute approximate surface area is 179 Å². The van der Waals surface area contributed by atoms with E-state index < -0.39 is 0 Å². The number of nitriles is 1. The van der Waals surface area contributed by atoms with Crippen LogP contribution < -0.4 is 10.3 Å². The highest BCUT2D eigenvalue weighted by Gasteiger charge is 2.24. The van der Waals surface area contributed by atoms with Gasteiger partial charge in [-0.25, -0.2) is 4.98 Å². The minimum Gasteiger partial charge on any atom is -0.482 e. The fraction of sp³-hybridized carbons (Fsp3) is 0.304. The molecule has 0 unspecified atom stereocenters. The number of hydrogen-bond donors (Lipinski definition) is 1. The van der Waals surface area contributed by atoms with Gasteiger partial charge in [0.05, 0.1) is 29.1 Å². The van der Waals surface area contributed by atoms with Crippen LogP contribution in [0.15, 0.2) is 53.3 Å². The van der Waals surface area contributed by atoms with Crippen LogP contribution in [0.25, 0.3) is 10.9 Å². The van der Waals surface area contributed by atoms with E-state index in [2.05, 4.69) is 16.0 Å². The van der Waals surface area contributed by atoms with Gasteiger partial charge < -0.3 is 19.4 Å². The zero-order valence-corrected chi connectivity index (χ0v) is 16.9. The molecule has 1 fully saturated rings. The zero-order valence-electron chi connectivity index (χ0n) is 16.9. The molecule has 1 atom stereocenters. The van der Waals surface area contributed by atoms with Crippen molar-refractivity contribution in [3.05, 3.63) is 70.3 Å². The first kappa shape index (κ1) is 20.6. The summed E-state index contributed by atoms with van der Waals surface area (Å²) in [5, 5.41) is 9.71. The van der Waals surface area contributed by atoms with E-state index in [1.165, 1.54) is 0 Å². The number of hydrogen-bond acceptors (Lipinski definition) is 6. The van der Waals surface area contributed by atoms with Gasteiger partial charge in [0, 0.05) is 13.2 Å². The summed E-state index contributed by atoms with van der Waals surface area (Å²) in [5.41, 5.74) is 0.691. The highest BCUT2D eigenvalue weighted by atomic mass is 16.5. The molecule has 3 aromatic rings. The van der Waals surface area contributed by atoms with Crippen LogP contribution in [-0.2, 0) is 16.1 Å². The van der Waals surface area contributed by atoms with Gasteiger partial charge in [0.2, 0.25) is 0 Å². The SMILES string of the molecule is N#Cc1ccccc1OCC(=O)N(Cc1nc2ccccc2c(=O)[nH]1)C[C@H]1CCCO1. The van der Waals surface area contributed by atoms with Crippen molar-refractivity contribution in [1.82, 2.24) is 14.9 Å². The maximum absolute atomic E-state index is 13.0. The van der Waals surface area contributed by atoms with Gasteiger partial charge >= 0.3 is 0 Å². The molecule has 1 aliphatic heterocycles. The Balaban J connectivity index is 1.53. The lowest BCUT2D eigenvalue weighted by atomic mass is 10.2. The normalized spacial score (nSPS) is 15.5. The molecule has 158 valence electrons. The van der Waals surface area contributed by atoms with E-state index in [0.29, 0.717) is 41.2 Å². The molecule has 0 saturated carbocycles. The Morgan fingerprint density at radius 1 is 1.26 bits per heavy atom. The number of aromatic amines is 1. The molecule has 4 rings (SSSR count). The second-order valence-corrected chi connectivity index (χ2v) is 7.34. The second kappa shape index (κ2) is 9.41. The summed E-state index contributed by atoms with van der Waals surface area (Å²) >= 11 is 0. The predicted octanol–water partition coefficient (Wildman–Crippen LogP) is 2.38. The van der Waals surface area contributed by atoms with Gasteiger partial charge in [0.25, 0.3) is 11.5 Å². The molecule has 0 bridgehead atoms. The van der Waals surface area contributed by atoms with Crippen molar-refractivity contribution >= 4 is 16.8 Å². The monoisotopic (exact) mass is 418 g/mol. The summed E-state index contributed by atoms with van der Waals surface area (Å²) in [6.07, 6.45) is 1.75. The number of carbonyl (C=O) groups excluding carboxylic acids is 1. The molecule has 0 aliphatic carbocycles. The number of nitrogens with one attached hydrogen (secondary N) is 1. The lowest BCUT2D eigenvalue weighted by Gasteiger charge is -2.25. The van der Waals surface area contributed by atoms with Gasteiger partial charge in [0.15, 0.2) is 6.61 Å². The van der Waals surface area contributed by atoms with Crippen LogP contribution in [0.5, 0.6) is 5.75 Å². The summed E-state index contributed by atoms with van der Waals surface area (Å²) < 4.78 is 11.3. The lowest BCUT2D eigenvalue weighted by Crippen LogP contribution is -2.40. The molecular formula is C23H22N4O4. The van der Waals surface area contributed by atoms with Gasteiger partial charge in [-0.2, -0.15) is 5.26 Å². The molecule has 1 aromatic heterocycles. The highest BCUT2D eigenvalue weighted by Crippen LogP contribution is 2.18. The fourth-order valence-corrected chi connectivity index (χ4v) is 3.59. The third-order valence-corrected chi connectivity index (χ3v) is 5.16. The summed E-state index contributed by atoms with van der Waals surface area (Å²) in [6, 6.07) is 15.9. The number of rotatable bonds is 7. The molecule has 2 heterocycles. The molecule has 2 aromatic carbocycles. The van der Waals surface area contributed by atoms with Crippen LogP contribution in [0.1, 0.15) is 24.2 Å². The number of para-hydroxylation sites is 2.